The fourth-order valence-electron chi connectivity index (χ4n) is 4.56. The van der Waals surface area contributed by atoms with Crippen LogP contribution < -0.4 is 10.1 Å². The van der Waals surface area contributed by atoms with Crippen molar-refractivity contribution in [1.29, 1.82) is 0 Å². The summed E-state index contributed by atoms with van der Waals surface area (Å²) in [6.07, 6.45) is 7.18. The molecule has 0 fully saturated rings. The number of alkyl halides is 5. The summed E-state index contributed by atoms with van der Waals surface area (Å²) in [6, 6.07) is 8.16. The highest BCUT2D eigenvalue weighted by atomic mass is 32.2. The van der Waals surface area contributed by atoms with E-state index >= 15 is 4.39 Å². The monoisotopic (exact) mass is 709 g/mol. The van der Waals surface area contributed by atoms with Crippen LogP contribution in [0.4, 0.5) is 26.3 Å². The summed E-state index contributed by atoms with van der Waals surface area (Å²) in [7, 11) is -3.74. The number of halogens is 6. The van der Waals surface area contributed by atoms with Gasteiger partial charge in [0.15, 0.2) is 5.83 Å². The van der Waals surface area contributed by atoms with Gasteiger partial charge in [-0.2, -0.15) is 26.0 Å². The highest BCUT2D eigenvalue weighted by molar-refractivity contribution is 7.86. The average Bonchev–Trinajstić information content (AvgIpc) is 3.42. The molecule has 47 heavy (non-hydrogen) atoms. The van der Waals surface area contributed by atoms with Gasteiger partial charge >= 0.3 is 12.0 Å². The summed E-state index contributed by atoms with van der Waals surface area (Å²) in [5.74, 6) is -11.3. The summed E-state index contributed by atoms with van der Waals surface area (Å²) in [4.78, 5) is 4.18. The van der Waals surface area contributed by atoms with E-state index in [4.69, 9.17) is 9.29 Å². The van der Waals surface area contributed by atoms with Crippen molar-refractivity contribution in [1.82, 2.24) is 15.2 Å². The van der Waals surface area contributed by atoms with Crippen molar-refractivity contribution in [3.63, 3.8) is 0 Å². The minimum absolute atomic E-state index is 0.129. The molecule has 0 amide bonds. The maximum atomic E-state index is 15.2. The van der Waals surface area contributed by atoms with Crippen LogP contribution in [0.5, 0.6) is 10.9 Å². The first-order valence-electron chi connectivity index (χ1n) is 15.5. The van der Waals surface area contributed by atoms with E-state index in [0.29, 0.717) is 17.4 Å². The molecule has 7 nitrogen and oxygen atoms in total. The van der Waals surface area contributed by atoms with Gasteiger partial charge in [0.05, 0.1) is 15.5 Å². The van der Waals surface area contributed by atoms with Crippen LogP contribution >= 0.6 is 11.3 Å². The number of rotatable bonds is 15. The minimum atomic E-state index is -5.35. The van der Waals surface area contributed by atoms with E-state index in [1.807, 2.05) is 24.3 Å². The predicted octanol–water partition coefficient (Wildman–Crippen LogP) is 9.62. The molecule has 2 aromatic carbocycles. The first-order chi connectivity index (χ1) is 22.0. The Balaban J connectivity index is 0.000000771. The molecule has 1 aromatic heterocycles. The van der Waals surface area contributed by atoms with E-state index in [0.717, 1.165) is 48.7 Å². The Hall–Kier alpha value is -2.88. The quantitative estimate of drug-likeness (QED) is 0.0703. The Morgan fingerprint density at radius 1 is 0.936 bits per heavy atom. The van der Waals surface area contributed by atoms with Crippen molar-refractivity contribution in [3.05, 3.63) is 66.1 Å². The lowest BCUT2D eigenvalue weighted by atomic mass is 9.98. The van der Waals surface area contributed by atoms with E-state index in [9.17, 15) is 30.4 Å². The molecule has 15 heteroatoms. The minimum Gasteiger partial charge on any atom is -0.431 e. The highest BCUT2D eigenvalue weighted by Crippen LogP contribution is 2.52. The molecule has 262 valence electrons. The molecule has 0 aliphatic carbocycles. The molecule has 0 bridgehead atoms. The Morgan fingerprint density at radius 3 is 2.09 bits per heavy atom. The largest absolute Gasteiger partial charge is 0.431 e. The summed E-state index contributed by atoms with van der Waals surface area (Å²) < 4.78 is 124. The van der Waals surface area contributed by atoms with Crippen LogP contribution in [0.15, 0.2) is 60.6 Å². The topological polar surface area (TPSA) is 91.8 Å². The molecule has 1 atom stereocenters. The van der Waals surface area contributed by atoms with Crippen LogP contribution in [0.2, 0.25) is 0 Å². The number of nitrogens with zero attached hydrogens (tertiary/aromatic N) is 2. The number of unbranched alkanes of at least 4 members (excludes halogenated alkanes) is 7. The molecule has 2 N–H and O–H groups in total. The second-order valence-corrected chi connectivity index (χ2v) is 14.5. The lowest BCUT2D eigenvalue weighted by Gasteiger charge is -2.45. The summed E-state index contributed by atoms with van der Waals surface area (Å²) in [6.45, 7) is 3.81. The molecule has 1 aliphatic rings. The van der Waals surface area contributed by atoms with Crippen molar-refractivity contribution in [2.75, 3.05) is 6.54 Å². The third-order valence-corrected chi connectivity index (χ3v) is 9.63. The van der Waals surface area contributed by atoms with E-state index in [-0.39, 0.29) is 29.6 Å². The standard InChI is InChI=1S/C29H33F6N3OS.C3H8O3S/c1-2-3-4-5-6-7-8-11-18-36-27(31)25(30)20-38(29(34,35)28(27,32)33)19-21-14-16-22(17-15-21)39-26-37-23-12-9-10-13-24(23)40-26;1-3(2)7(4,5)6/h9-10,12-17,20,36H,2-8,11,18-19H2,1H3;3H,1-2H3,(H,4,5,6). The Kier molecular flexibility index (Phi) is 13.5. The number of para-hydroxylation sites is 1. The van der Waals surface area contributed by atoms with Crippen LogP contribution in [0.3, 0.4) is 0 Å². The molecule has 1 aliphatic heterocycles. The number of hydrogen-bond donors (Lipinski definition) is 2. The van der Waals surface area contributed by atoms with Gasteiger partial charge in [0, 0.05) is 12.7 Å². The lowest BCUT2D eigenvalue weighted by molar-refractivity contribution is -0.332. The van der Waals surface area contributed by atoms with Gasteiger partial charge in [-0.1, -0.05) is 87.5 Å². The average molecular weight is 710 g/mol. The molecule has 2 heterocycles. The third-order valence-electron chi connectivity index (χ3n) is 7.52. The molecule has 0 saturated heterocycles. The van der Waals surface area contributed by atoms with Crippen molar-refractivity contribution >= 4 is 31.7 Å². The summed E-state index contributed by atoms with van der Waals surface area (Å²) in [5.41, 5.74) is 0.937. The first-order valence-corrected chi connectivity index (χ1v) is 17.8. The number of thiazole rings is 1. The fraction of sp³-hybridized carbons (Fsp3) is 0.531. The van der Waals surface area contributed by atoms with E-state index in [1.165, 1.54) is 49.4 Å². The number of aromatic nitrogens is 1. The van der Waals surface area contributed by atoms with Gasteiger partial charge in [0.25, 0.3) is 21.1 Å². The molecule has 4 rings (SSSR count). The van der Waals surface area contributed by atoms with Gasteiger partial charge < -0.3 is 9.64 Å². The summed E-state index contributed by atoms with van der Waals surface area (Å²) >= 11 is 1.32. The summed E-state index contributed by atoms with van der Waals surface area (Å²) in [5, 5.41) is 1.44. The van der Waals surface area contributed by atoms with Crippen LogP contribution in [-0.4, -0.2) is 52.4 Å². The van der Waals surface area contributed by atoms with Gasteiger partial charge in [-0.25, -0.2) is 13.8 Å². The second kappa shape index (κ2) is 16.5. The molecular formula is C32H41F6N3O4S2. The Morgan fingerprint density at radius 2 is 1.51 bits per heavy atom. The van der Waals surface area contributed by atoms with Gasteiger partial charge in [-0.05, 0) is 56.6 Å². The van der Waals surface area contributed by atoms with E-state index in [2.05, 4.69) is 11.9 Å². The SMILES string of the molecule is CC(C)S(=O)(=O)O.CCCCCCCCCCNC1(F)C(F)=CN(Cc2ccc(Oc3nc4ccccc4s3)cc2)C(F)(F)C1(F)F. The Bertz CT molecular complexity index is 1540. The molecule has 0 spiro atoms. The molecular weight excluding hydrogens is 668 g/mol. The van der Waals surface area contributed by atoms with Crippen LogP contribution in [0.1, 0.15) is 77.7 Å². The van der Waals surface area contributed by atoms with Crippen molar-refractivity contribution in [2.45, 2.75) is 102 Å². The number of benzene rings is 2. The van der Waals surface area contributed by atoms with E-state index in [1.54, 1.807) is 5.32 Å². The maximum Gasteiger partial charge on any atom is 0.393 e. The smallest absolute Gasteiger partial charge is 0.393 e. The van der Waals surface area contributed by atoms with Crippen LogP contribution in [0, 0.1) is 0 Å². The number of ether oxygens (including phenoxy) is 1. The van der Waals surface area contributed by atoms with Crippen molar-refractivity contribution in [2.24, 2.45) is 0 Å². The normalized spacial score (nSPS) is 19.0. The Labute approximate surface area is 275 Å². The van der Waals surface area contributed by atoms with Gasteiger partial charge in [-0.3, -0.25) is 9.87 Å². The van der Waals surface area contributed by atoms with Crippen molar-refractivity contribution in [3.8, 4) is 10.9 Å². The first kappa shape index (κ1) is 38.6. The predicted molar refractivity (Wildman–Crippen MR) is 172 cm³/mol. The zero-order valence-corrected chi connectivity index (χ0v) is 28.1. The van der Waals surface area contributed by atoms with Crippen LogP contribution in [0.25, 0.3) is 10.2 Å². The van der Waals surface area contributed by atoms with Gasteiger partial charge in [0.1, 0.15) is 5.75 Å². The number of nitrogens with one attached hydrogen (secondary N) is 1. The van der Waals surface area contributed by atoms with Gasteiger partial charge in [-0.15, -0.1) is 0 Å². The highest BCUT2D eigenvalue weighted by Gasteiger charge is 2.76. The van der Waals surface area contributed by atoms with E-state index < -0.39 is 45.5 Å². The fourth-order valence-corrected chi connectivity index (χ4v) is 5.39. The van der Waals surface area contributed by atoms with Gasteiger partial charge in [0.2, 0.25) is 0 Å². The number of fused-ring (bicyclic) bond motifs is 1. The molecule has 1 unspecified atom stereocenters. The van der Waals surface area contributed by atoms with Crippen LogP contribution in [-0.2, 0) is 16.7 Å². The number of hydrogen-bond acceptors (Lipinski definition) is 7. The maximum absolute atomic E-state index is 15.2. The second-order valence-electron chi connectivity index (χ2n) is 11.5. The van der Waals surface area contributed by atoms with Crippen molar-refractivity contribution < 1.29 is 44.0 Å². The molecule has 0 radical (unpaired) electrons. The lowest BCUT2D eigenvalue weighted by Crippen LogP contribution is -2.70. The third kappa shape index (κ3) is 9.83. The zero-order chi connectivity index (χ0) is 34.9. The zero-order valence-electron chi connectivity index (χ0n) is 26.5. The molecule has 3 aromatic rings. The molecule has 0 saturated carbocycles.